The van der Waals surface area contributed by atoms with Crippen LogP contribution in [0.3, 0.4) is 0 Å². The van der Waals surface area contributed by atoms with Crippen LogP contribution in [0.15, 0.2) is 48.5 Å². The number of non-ortho nitro benzene ring substituents is 1. The molecule has 5 nitrogen and oxygen atoms in total. The summed E-state index contributed by atoms with van der Waals surface area (Å²) < 4.78 is 0. The first-order chi connectivity index (χ1) is 11.6. The van der Waals surface area contributed by atoms with Crippen LogP contribution in [0.5, 0.6) is 0 Å². The minimum Gasteiger partial charge on any atom is -0.311 e. The van der Waals surface area contributed by atoms with Crippen LogP contribution in [0.25, 0.3) is 0 Å². The number of hydrogen-bond acceptors (Lipinski definition) is 3. The quantitative estimate of drug-likeness (QED) is 0.637. The molecule has 0 saturated heterocycles. The number of anilines is 1. The molecule has 0 bridgehead atoms. The summed E-state index contributed by atoms with van der Waals surface area (Å²) in [7, 11) is 0. The van der Waals surface area contributed by atoms with Gasteiger partial charge in [-0.05, 0) is 36.3 Å². The predicted octanol–water partition coefficient (Wildman–Crippen LogP) is 3.68. The lowest BCUT2D eigenvalue weighted by atomic mass is 9.92. The highest BCUT2D eigenvalue weighted by molar-refractivity contribution is 6.00. The van der Waals surface area contributed by atoms with Crippen molar-refractivity contribution in [3.05, 3.63) is 69.8 Å². The molecule has 4 rings (SSSR count). The molecule has 0 radical (unpaired) electrons. The summed E-state index contributed by atoms with van der Waals surface area (Å²) in [6, 6.07) is 14.7. The summed E-state index contributed by atoms with van der Waals surface area (Å²) in [6.45, 7) is 0.603. The lowest BCUT2D eigenvalue weighted by molar-refractivity contribution is -0.384. The SMILES string of the molecule is O=C(C(c1ccccc1)C1CC1)N1CCc2ccc([N+](=O)[O-])cc21. The van der Waals surface area contributed by atoms with Crippen molar-refractivity contribution >= 4 is 17.3 Å². The summed E-state index contributed by atoms with van der Waals surface area (Å²) >= 11 is 0. The summed E-state index contributed by atoms with van der Waals surface area (Å²) in [5.41, 5.74) is 2.80. The zero-order valence-electron chi connectivity index (χ0n) is 13.2. The number of nitro groups is 1. The smallest absolute Gasteiger partial charge is 0.271 e. The van der Waals surface area contributed by atoms with Crippen LogP contribution in [0, 0.1) is 16.0 Å². The molecule has 0 N–H and O–H groups in total. The molecule has 1 aliphatic heterocycles. The van der Waals surface area contributed by atoms with E-state index < -0.39 is 4.92 Å². The van der Waals surface area contributed by atoms with E-state index in [2.05, 4.69) is 0 Å². The Balaban J connectivity index is 1.68. The first-order valence-electron chi connectivity index (χ1n) is 8.29. The van der Waals surface area contributed by atoms with Crippen molar-refractivity contribution in [1.29, 1.82) is 0 Å². The number of hydrogen-bond donors (Lipinski definition) is 0. The second-order valence-electron chi connectivity index (χ2n) is 6.54. The average Bonchev–Trinajstić information content (AvgIpc) is 3.33. The van der Waals surface area contributed by atoms with Gasteiger partial charge in [0.05, 0.1) is 16.5 Å². The van der Waals surface area contributed by atoms with Crippen molar-refractivity contribution in [1.82, 2.24) is 0 Å². The van der Waals surface area contributed by atoms with Crippen molar-refractivity contribution in [3.8, 4) is 0 Å². The number of nitro benzene ring substituents is 1. The number of benzene rings is 2. The predicted molar refractivity (Wildman–Crippen MR) is 91.1 cm³/mol. The number of rotatable bonds is 4. The summed E-state index contributed by atoms with van der Waals surface area (Å²) in [6.07, 6.45) is 2.90. The van der Waals surface area contributed by atoms with Gasteiger partial charge in [-0.2, -0.15) is 0 Å². The van der Waals surface area contributed by atoms with Crippen LogP contribution in [0.4, 0.5) is 11.4 Å². The Morgan fingerprint density at radius 3 is 2.58 bits per heavy atom. The zero-order chi connectivity index (χ0) is 16.7. The van der Waals surface area contributed by atoms with Crippen molar-refractivity contribution in [2.24, 2.45) is 5.92 Å². The normalized spacial score (nSPS) is 17.4. The minimum absolute atomic E-state index is 0.0381. The molecule has 24 heavy (non-hydrogen) atoms. The molecule has 1 fully saturated rings. The third-order valence-corrected chi connectivity index (χ3v) is 4.96. The number of carbonyl (C=O) groups excluding carboxylic acids is 1. The standard InChI is InChI=1S/C19H18N2O3/c22-19(18(15-6-7-15)14-4-2-1-3-5-14)20-11-10-13-8-9-16(21(23)24)12-17(13)20/h1-5,8-9,12,15,18H,6-7,10-11H2. The van der Waals surface area contributed by atoms with E-state index >= 15 is 0 Å². The Morgan fingerprint density at radius 1 is 1.17 bits per heavy atom. The topological polar surface area (TPSA) is 63.5 Å². The first kappa shape index (κ1) is 14.9. The van der Waals surface area contributed by atoms with Gasteiger partial charge in [0.15, 0.2) is 0 Å². The van der Waals surface area contributed by atoms with Crippen LogP contribution in [0.1, 0.15) is 29.9 Å². The highest BCUT2D eigenvalue weighted by Crippen LogP contribution is 2.45. The molecular weight excluding hydrogens is 304 g/mol. The van der Waals surface area contributed by atoms with Gasteiger partial charge in [0.25, 0.3) is 5.69 Å². The second kappa shape index (κ2) is 5.74. The average molecular weight is 322 g/mol. The third kappa shape index (κ3) is 2.56. The molecule has 2 aliphatic rings. The largest absolute Gasteiger partial charge is 0.311 e. The number of carbonyl (C=O) groups is 1. The Morgan fingerprint density at radius 2 is 1.92 bits per heavy atom. The number of nitrogens with zero attached hydrogens (tertiary/aromatic N) is 2. The maximum absolute atomic E-state index is 13.2. The molecule has 1 heterocycles. The van der Waals surface area contributed by atoms with Gasteiger partial charge in [0.2, 0.25) is 5.91 Å². The molecule has 2 aromatic rings. The van der Waals surface area contributed by atoms with Gasteiger partial charge in [-0.3, -0.25) is 14.9 Å². The van der Waals surface area contributed by atoms with Crippen molar-refractivity contribution in [2.75, 3.05) is 11.4 Å². The lowest BCUT2D eigenvalue weighted by Crippen LogP contribution is -2.34. The fourth-order valence-corrected chi connectivity index (χ4v) is 3.58. The third-order valence-electron chi connectivity index (χ3n) is 4.96. The fourth-order valence-electron chi connectivity index (χ4n) is 3.58. The van der Waals surface area contributed by atoms with Crippen LogP contribution in [-0.2, 0) is 11.2 Å². The van der Waals surface area contributed by atoms with Crippen molar-refractivity contribution < 1.29 is 9.72 Å². The minimum atomic E-state index is -0.406. The van der Waals surface area contributed by atoms with E-state index in [0.717, 1.165) is 30.4 Å². The monoisotopic (exact) mass is 322 g/mol. The van der Waals surface area contributed by atoms with Crippen molar-refractivity contribution in [2.45, 2.75) is 25.2 Å². The van der Waals surface area contributed by atoms with Crippen LogP contribution in [0.2, 0.25) is 0 Å². The summed E-state index contributed by atoms with van der Waals surface area (Å²) in [4.78, 5) is 25.6. The number of amides is 1. The zero-order valence-corrected chi connectivity index (χ0v) is 13.2. The summed E-state index contributed by atoms with van der Waals surface area (Å²) in [5.74, 6) is 0.321. The molecule has 1 saturated carbocycles. The molecule has 1 unspecified atom stereocenters. The Hall–Kier alpha value is -2.69. The van der Waals surface area contributed by atoms with E-state index in [1.807, 2.05) is 30.3 Å². The maximum atomic E-state index is 13.2. The Bertz CT molecular complexity index is 800. The van der Waals surface area contributed by atoms with Crippen LogP contribution in [-0.4, -0.2) is 17.4 Å². The molecule has 0 spiro atoms. The Labute approximate surface area is 140 Å². The molecule has 5 heteroatoms. The summed E-state index contributed by atoms with van der Waals surface area (Å²) in [5, 5.41) is 11.1. The first-order valence-corrected chi connectivity index (χ1v) is 8.29. The number of fused-ring (bicyclic) bond motifs is 1. The van der Waals surface area contributed by atoms with E-state index in [9.17, 15) is 14.9 Å². The second-order valence-corrected chi connectivity index (χ2v) is 6.54. The van der Waals surface area contributed by atoms with Gasteiger partial charge >= 0.3 is 0 Å². The van der Waals surface area contributed by atoms with Gasteiger partial charge < -0.3 is 4.90 Å². The van der Waals surface area contributed by atoms with Crippen molar-refractivity contribution in [3.63, 3.8) is 0 Å². The molecule has 1 amide bonds. The molecule has 0 aromatic heterocycles. The molecule has 122 valence electrons. The Kier molecular flexibility index (Phi) is 3.56. The molecule has 1 aliphatic carbocycles. The highest BCUT2D eigenvalue weighted by atomic mass is 16.6. The van der Waals surface area contributed by atoms with Gasteiger partial charge in [-0.1, -0.05) is 36.4 Å². The van der Waals surface area contributed by atoms with E-state index in [0.29, 0.717) is 18.2 Å². The highest BCUT2D eigenvalue weighted by Gasteiger charge is 2.41. The van der Waals surface area contributed by atoms with Gasteiger partial charge in [0, 0.05) is 18.7 Å². The van der Waals surface area contributed by atoms with E-state index in [4.69, 9.17) is 0 Å². The molecule has 2 aromatic carbocycles. The molecular formula is C19H18N2O3. The van der Waals surface area contributed by atoms with E-state index in [1.54, 1.807) is 11.0 Å². The maximum Gasteiger partial charge on any atom is 0.271 e. The fraction of sp³-hybridized carbons (Fsp3) is 0.316. The van der Waals surface area contributed by atoms with Gasteiger partial charge in [-0.15, -0.1) is 0 Å². The molecule has 1 atom stereocenters. The lowest BCUT2D eigenvalue weighted by Gasteiger charge is -2.24. The van der Waals surface area contributed by atoms with Gasteiger partial charge in [-0.25, -0.2) is 0 Å². The van der Waals surface area contributed by atoms with Crippen LogP contribution >= 0.6 is 0 Å². The van der Waals surface area contributed by atoms with E-state index in [-0.39, 0.29) is 17.5 Å². The van der Waals surface area contributed by atoms with Crippen LogP contribution < -0.4 is 4.90 Å². The van der Waals surface area contributed by atoms with E-state index in [1.165, 1.54) is 12.1 Å². The van der Waals surface area contributed by atoms with Gasteiger partial charge in [0.1, 0.15) is 0 Å².